The van der Waals surface area contributed by atoms with Gasteiger partial charge in [0.2, 0.25) is 0 Å². The summed E-state index contributed by atoms with van der Waals surface area (Å²) in [6.07, 6.45) is 11.3. The molecule has 1 fully saturated rings. The topological polar surface area (TPSA) is 51.0 Å². The first-order valence-corrected chi connectivity index (χ1v) is 7.42. The zero-order valence-electron chi connectivity index (χ0n) is 12.3. The molecule has 0 aliphatic carbocycles. The molecule has 1 aliphatic rings. The third-order valence-electron chi connectivity index (χ3n) is 4.11. The molecule has 3 rings (SSSR count). The van der Waals surface area contributed by atoms with Crippen LogP contribution in [-0.2, 0) is 13.5 Å². The average Bonchev–Trinajstić information content (AvgIpc) is 3.14. The third kappa shape index (κ3) is 3.12. The van der Waals surface area contributed by atoms with Gasteiger partial charge in [-0.2, -0.15) is 5.10 Å². The number of aryl methyl sites for hydroxylation is 2. The normalized spacial score (nSPS) is 18.1. The standard InChI is InChI=1S/C16H20N4O/c1-19-12-14(11-18-19)16(21)20-10-2-3-15(20)5-4-13-6-8-17-9-7-13/h6-9,11-12,15H,2-5,10H2,1H3. The minimum Gasteiger partial charge on any atom is -0.336 e. The predicted octanol–water partition coefficient (Wildman–Crippen LogP) is 2.05. The molecule has 0 aromatic carbocycles. The number of carbonyl (C=O) groups is 1. The molecule has 5 nitrogen and oxygen atoms in total. The van der Waals surface area contributed by atoms with E-state index in [1.807, 2.05) is 36.5 Å². The van der Waals surface area contributed by atoms with Crippen molar-refractivity contribution in [2.45, 2.75) is 31.7 Å². The molecule has 0 bridgehead atoms. The Kier molecular flexibility index (Phi) is 3.99. The van der Waals surface area contributed by atoms with Crippen molar-refractivity contribution in [3.63, 3.8) is 0 Å². The minimum absolute atomic E-state index is 0.111. The van der Waals surface area contributed by atoms with Gasteiger partial charge in [0, 0.05) is 38.2 Å². The van der Waals surface area contributed by atoms with Crippen molar-refractivity contribution in [3.8, 4) is 0 Å². The Morgan fingerprint density at radius 2 is 2.19 bits per heavy atom. The molecule has 110 valence electrons. The van der Waals surface area contributed by atoms with Crippen LogP contribution in [0.2, 0.25) is 0 Å². The van der Waals surface area contributed by atoms with Crippen LogP contribution in [0.3, 0.4) is 0 Å². The maximum absolute atomic E-state index is 12.5. The lowest BCUT2D eigenvalue weighted by atomic mass is 10.0. The van der Waals surface area contributed by atoms with Crippen molar-refractivity contribution < 1.29 is 4.79 Å². The molecule has 1 amide bonds. The highest BCUT2D eigenvalue weighted by Crippen LogP contribution is 2.23. The molecule has 1 unspecified atom stereocenters. The maximum atomic E-state index is 12.5. The van der Waals surface area contributed by atoms with Crippen molar-refractivity contribution in [1.82, 2.24) is 19.7 Å². The Morgan fingerprint density at radius 3 is 2.90 bits per heavy atom. The van der Waals surface area contributed by atoms with Crippen LogP contribution < -0.4 is 0 Å². The first kappa shape index (κ1) is 13.8. The largest absolute Gasteiger partial charge is 0.336 e. The van der Waals surface area contributed by atoms with E-state index >= 15 is 0 Å². The lowest BCUT2D eigenvalue weighted by Crippen LogP contribution is -2.35. The molecule has 21 heavy (non-hydrogen) atoms. The maximum Gasteiger partial charge on any atom is 0.257 e. The minimum atomic E-state index is 0.111. The van der Waals surface area contributed by atoms with E-state index in [0.717, 1.165) is 32.2 Å². The number of likely N-dealkylation sites (tertiary alicyclic amines) is 1. The fraction of sp³-hybridized carbons (Fsp3) is 0.438. The van der Waals surface area contributed by atoms with Crippen LogP contribution in [0.15, 0.2) is 36.9 Å². The highest BCUT2D eigenvalue weighted by Gasteiger charge is 2.29. The van der Waals surface area contributed by atoms with E-state index in [1.165, 1.54) is 5.56 Å². The van der Waals surface area contributed by atoms with Crippen LogP contribution in [0.5, 0.6) is 0 Å². The highest BCUT2D eigenvalue weighted by molar-refractivity contribution is 5.94. The van der Waals surface area contributed by atoms with Crippen molar-refractivity contribution in [2.24, 2.45) is 7.05 Å². The molecule has 0 saturated carbocycles. The number of aromatic nitrogens is 3. The lowest BCUT2D eigenvalue weighted by Gasteiger charge is -2.24. The monoisotopic (exact) mass is 284 g/mol. The summed E-state index contributed by atoms with van der Waals surface area (Å²) in [5.41, 5.74) is 1.97. The van der Waals surface area contributed by atoms with Crippen molar-refractivity contribution in [1.29, 1.82) is 0 Å². The Bertz CT molecular complexity index is 608. The Hall–Kier alpha value is -2.17. The summed E-state index contributed by atoms with van der Waals surface area (Å²) in [6.45, 7) is 0.856. The number of hydrogen-bond acceptors (Lipinski definition) is 3. The second kappa shape index (κ2) is 6.08. The zero-order valence-corrected chi connectivity index (χ0v) is 12.3. The van der Waals surface area contributed by atoms with Gasteiger partial charge in [-0.3, -0.25) is 14.5 Å². The highest BCUT2D eigenvalue weighted by atomic mass is 16.2. The molecular formula is C16H20N4O. The van der Waals surface area contributed by atoms with E-state index in [2.05, 4.69) is 10.1 Å². The lowest BCUT2D eigenvalue weighted by molar-refractivity contribution is 0.0730. The number of pyridine rings is 1. The molecule has 1 atom stereocenters. The van der Waals surface area contributed by atoms with Gasteiger partial charge in [0.25, 0.3) is 5.91 Å². The molecule has 3 heterocycles. The number of carbonyl (C=O) groups excluding carboxylic acids is 1. The molecule has 0 N–H and O–H groups in total. The average molecular weight is 284 g/mol. The van der Waals surface area contributed by atoms with E-state index in [0.29, 0.717) is 11.6 Å². The third-order valence-corrected chi connectivity index (χ3v) is 4.11. The molecular weight excluding hydrogens is 264 g/mol. The van der Waals surface area contributed by atoms with Crippen LogP contribution >= 0.6 is 0 Å². The number of amides is 1. The van der Waals surface area contributed by atoms with Crippen LogP contribution in [0.1, 0.15) is 35.2 Å². The first-order valence-electron chi connectivity index (χ1n) is 7.42. The van der Waals surface area contributed by atoms with Crippen LogP contribution in [0.25, 0.3) is 0 Å². The molecule has 2 aromatic rings. The Morgan fingerprint density at radius 1 is 1.38 bits per heavy atom. The summed E-state index contributed by atoms with van der Waals surface area (Å²) in [5, 5.41) is 4.09. The number of hydrogen-bond donors (Lipinski definition) is 0. The van der Waals surface area contributed by atoms with Crippen LogP contribution in [0, 0.1) is 0 Å². The summed E-state index contributed by atoms with van der Waals surface area (Å²) in [4.78, 5) is 18.6. The molecule has 2 aromatic heterocycles. The summed E-state index contributed by atoms with van der Waals surface area (Å²) < 4.78 is 1.68. The number of nitrogens with zero attached hydrogens (tertiary/aromatic N) is 4. The quantitative estimate of drug-likeness (QED) is 0.863. The van der Waals surface area contributed by atoms with E-state index in [1.54, 1.807) is 17.1 Å². The summed E-state index contributed by atoms with van der Waals surface area (Å²) >= 11 is 0. The van der Waals surface area contributed by atoms with Gasteiger partial charge in [-0.05, 0) is 43.4 Å². The molecule has 5 heteroatoms. The van der Waals surface area contributed by atoms with Gasteiger partial charge < -0.3 is 4.90 Å². The second-order valence-electron chi connectivity index (χ2n) is 5.59. The van der Waals surface area contributed by atoms with E-state index in [4.69, 9.17) is 0 Å². The van der Waals surface area contributed by atoms with Gasteiger partial charge in [0.15, 0.2) is 0 Å². The predicted molar refractivity (Wildman–Crippen MR) is 79.8 cm³/mol. The molecule has 1 saturated heterocycles. The SMILES string of the molecule is Cn1cc(C(=O)N2CCCC2CCc2ccncc2)cn1. The van der Waals surface area contributed by atoms with Crippen molar-refractivity contribution >= 4 is 5.91 Å². The molecule has 0 radical (unpaired) electrons. The second-order valence-corrected chi connectivity index (χ2v) is 5.59. The van der Waals surface area contributed by atoms with Gasteiger partial charge in [-0.25, -0.2) is 0 Å². The van der Waals surface area contributed by atoms with Crippen LogP contribution in [0.4, 0.5) is 0 Å². The van der Waals surface area contributed by atoms with E-state index < -0.39 is 0 Å². The fourth-order valence-corrected chi connectivity index (χ4v) is 2.98. The smallest absolute Gasteiger partial charge is 0.257 e. The zero-order chi connectivity index (χ0) is 14.7. The van der Waals surface area contributed by atoms with Gasteiger partial charge in [0.05, 0.1) is 11.8 Å². The van der Waals surface area contributed by atoms with Gasteiger partial charge in [-0.1, -0.05) is 0 Å². The number of rotatable bonds is 4. The van der Waals surface area contributed by atoms with E-state index in [-0.39, 0.29) is 5.91 Å². The van der Waals surface area contributed by atoms with Gasteiger partial charge in [-0.15, -0.1) is 0 Å². The Labute approximate surface area is 124 Å². The van der Waals surface area contributed by atoms with Crippen molar-refractivity contribution in [3.05, 3.63) is 48.0 Å². The first-order chi connectivity index (χ1) is 10.2. The van der Waals surface area contributed by atoms with E-state index in [9.17, 15) is 4.79 Å². The van der Waals surface area contributed by atoms with Crippen molar-refractivity contribution in [2.75, 3.05) is 6.54 Å². The molecule has 1 aliphatic heterocycles. The molecule has 0 spiro atoms. The van der Waals surface area contributed by atoms with Gasteiger partial charge >= 0.3 is 0 Å². The Balaban J connectivity index is 1.64. The van der Waals surface area contributed by atoms with Crippen LogP contribution in [-0.4, -0.2) is 38.2 Å². The summed E-state index contributed by atoms with van der Waals surface area (Å²) in [5.74, 6) is 0.111. The van der Waals surface area contributed by atoms with Gasteiger partial charge in [0.1, 0.15) is 0 Å². The summed E-state index contributed by atoms with van der Waals surface area (Å²) in [6, 6.07) is 4.43. The fourth-order valence-electron chi connectivity index (χ4n) is 2.98. The summed E-state index contributed by atoms with van der Waals surface area (Å²) in [7, 11) is 1.84.